The van der Waals surface area contributed by atoms with E-state index in [4.69, 9.17) is 0 Å². The van der Waals surface area contributed by atoms with Crippen LogP contribution in [0.2, 0.25) is 0 Å². The first-order valence-corrected chi connectivity index (χ1v) is 5.16. The molecule has 2 rings (SSSR count). The third-order valence-electron chi connectivity index (χ3n) is 2.38. The maximum Gasteiger partial charge on any atom is 0.120 e. The number of rotatable bonds is 2. The molecule has 0 heterocycles. The van der Waals surface area contributed by atoms with Crippen molar-refractivity contribution in [3.05, 3.63) is 48.0 Å². The second-order valence-corrected chi connectivity index (χ2v) is 3.64. The fourth-order valence-electron chi connectivity index (χ4n) is 1.39. The Morgan fingerprint density at radius 3 is 2.47 bits per heavy atom. The molecule has 2 aromatic carbocycles. The van der Waals surface area contributed by atoms with Crippen LogP contribution in [0.1, 0.15) is 5.56 Å². The van der Waals surface area contributed by atoms with Crippen molar-refractivity contribution >= 4 is 11.4 Å². The predicted molar refractivity (Wildman–Crippen MR) is 65.1 cm³/mol. The lowest BCUT2D eigenvalue weighted by Crippen LogP contribution is -1.74. The summed E-state index contributed by atoms with van der Waals surface area (Å²) < 4.78 is 0. The van der Waals surface area contributed by atoms with E-state index in [1.165, 1.54) is 6.07 Å². The van der Waals surface area contributed by atoms with Gasteiger partial charge in [0.05, 0.1) is 11.4 Å². The van der Waals surface area contributed by atoms with Crippen LogP contribution in [0.4, 0.5) is 11.4 Å². The van der Waals surface area contributed by atoms with Gasteiger partial charge in [-0.1, -0.05) is 12.1 Å². The minimum atomic E-state index is 0.147. The second-order valence-electron chi connectivity index (χ2n) is 3.64. The summed E-state index contributed by atoms with van der Waals surface area (Å²) in [7, 11) is 0. The maximum absolute atomic E-state index is 9.50. The number of hydrogen-bond acceptors (Lipinski definition) is 4. The summed E-state index contributed by atoms with van der Waals surface area (Å²) in [6, 6.07) is 11.6. The van der Waals surface area contributed by atoms with Crippen LogP contribution in [0.3, 0.4) is 0 Å². The summed E-state index contributed by atoms with van der Waals surface area (Å²) in [5, 5.41) is 26.8. The topological polar surface area (TPSA) is 65.2 Å². The molecule has 0 aromatic heterocycles. The minimum absolute atomic E-state index is 0.147. The number of nitrogens with zero attached hydrogens (tertiary/aromatic N) is 2. The molecule has 0 spiro atoms. The van der Waals surface area contributed by atoms with Gasteiger partial charge in [0.25, 0.3) is 0 Å². The van der Waals surface area contributed by atoms with Crippen molar-refractivity contribution < 1.29 is 10.2 Å². The molecular weight excluding hydrogens is 216 g/mol. The van der Waals surface area contributed by atoms with Gasteiger partial charge in [-0.15, -0.1) is 0 Å². The van der Waals surface area contributed by atoms with Crippen LogP contribution >= 0.6 is 0 Å². The fourth-order valence-corrected chi connectivity index (χ4v) is 1.39. The first-order valence-electron chi connectivity index (χ1n) is 5.16. The molecule has 4 heteroatoms. The first kappa shape index (κ1) is 11.1. The molecule has 0 atom stereocenters. The Morgan fingerprint density at radius 1 is 0.941 bits per heavy atom. The number of phenolic OH excluding ortho intramolecular Hbond substituents is 2. The molecule has 0 fully saturated rings. The van der Waals surface area contributed by atoms with Crippen molar-refractivity contribution in [3.8, 4) is 11.5 Å². The normalized spacial score (nSPS) is 10.9. The zero-order chi connectivity index (χ0) is 12.3. The lowest BCUT2D eigenvalue weighted by molar-refractivity contribution is 0.471. The van der Waals surface area contributed by atoms with Gasteiger partial charge in [0, 0.05) is 11.6 Å². The van der Waals surface area contributed by atoms with Crippen LogP contribution < -0.4 is 0 Å². The molecule has 0 saturated heterocycles. The van der Waals surface area contributed by atoms with E-state index < -0.39 is 0 Å². The predicted octanol–water partition coefficient (Wildman–Crippen LogP) is 3.82. The molecule has 86 valence electrons. The lowest BCUT2D eigenvalue weighted by Gasteiger charge is -2.00. The van der Waals surface area contributed by atoms with Crippen LogP contribution in [-0.2, 0) is 0 Å². The second kappa shape index (κ2) is 4.65. The van der Waals surface area contributed by atoms with Gasteiger partial charge in [0.2, 0.25) is 0 Å². The lowest BCUT2D eigenvalue weighted by atomic mass is 10.2. The van der Waals surface area contributed by atoms with Gasteiger partial charge in [-0.05, 0) is 31.2 Å². The van der Waals surface area contributed by atoms with E-state index in [0.717, 1.165) is 0 Å². The third kappa shape index (κ3) is 2.60. The Balaban J connectivity index is 2.29. The Kier molecular flexibility index (Phi) is 3.05. The fraction of sp³-hybridized carbons (Fsp3) is 0.0769. The van der Waals surface area contributed by atoms with E-state index in [1.807, 2.05) is 0 Å². The van der Waals surface area contributed by atoms with Crippen molar-refractivity contribution in [2.75, 3.05) is 0 Å². The van der Waals surface area contributed by atoms with E-state index in [9.17, 15) is 10.2 Å². The highest BCUT2D eigenvalue weighted by molar-refractivity contribution is 5.52. The van der Waals surface area contributed by atoms with Crippen molar-refractivity contribution in [3.63, 3.8) is 0 Å². The summed E-state index contributed by atoms with van der Waals surface area (Å²) in [5.41, 5.74) is 1.84. The molecule has 0 radical (unpaired) electrons. The average molecular weight is 228 g/mol. The molecule has 0 aliphatic rings. The number of hydrogen-bond donors (Lipinski definition) is 2. The molecule has 0 aliphatic carbocycles. The number of azo groups is 1. The largest absolute Gasteiger partial charge is 0.508 e. The monoisotopic (exact) mass is 228 g/mol. The van der Waals surface area contributed by atoms with Crippen LogP contribution in [0.25, 0.3) is 0 Å². The summed E-state index contributed by atoms with van der Waals surface area (Å²) in [5.74, 6) is 0.339. The quantitative estimate of drug-likeness (QED) is 0.767. The molecular formula is C13H12N2O2. The van der Waals surface area contributed by atoms with E-state index in [1.54, 1.807) is 43.3 Å². The van der Waals surface area contributed by atoms with Crippen molar-refractivity contribution in [2.45, 2.75) is 6.92 Å². The van der Waals surface area contributed by atoms with Crippen LogP contribution in [0.5, 0.6) is 11.5 Å². The summed E-state index contributed by atoms with van der Waals surface area (Å²) in [6.07, 6.45) is 0. The van der Waals surface area contributed by atoms with Crippen LogP contribution in [0, 0.1) is 6.92 Å². The molecule has 17 heavy (non-hydrogen) atoms. The highest BCUT2D eigenvalue weighted by Crippen LogP contribution is 2.28. The van der Waals surface area contributed by atoms with Gasteiger partial charge in [-0.3, -0.25) is 0 Å². The molecule has 2 N–H and O–H groups in total. The van der Waals surface area contributed by atoms with Gasteiger partial charge in [0.15, 0.2) is 0 Å². The minimum Gasteiger partial charge on any atom is -0.508 e. The molecule has 0 unspecified atom stereocenters. The van der Waals surface area contributed by atoms with Gasteiger partial charge in [-0.2, -0.15) is 10.2 Å². The van der Waals surface area contributed by atoms with Gasteiger partial charge in [-0.25, -0.2) is 0 Å². The summed E-state index contributed by atoms with van der Waals surface area (Å²) >= 11 is 0. The number of benzene rings is 2. The molecule has 0 aliphatic heterocycles. The number of phenols is 2. The van der Waals surface area contributed by atoms with Crippen LogP contribution in [-0.4, -0.2) is 10.2 Å². The van der Waals surface area contributed by atoms with E-state index >= 15 is 0 Å². The van der Waals surface area contributed by atoms with Crippen LogP contribution in [0.15, 0.2) is 52.7 Å². The molecule has 4 nitrogen and oxygen atoms in total. The van der Waals surface area contributed by atoms with Gasteiger partial charge < -0.3 is 10.2 Å². The highest BCUT2D eigenvalue weighted by Gasteiger charge is 2.00. The number of aromatic hydroxyl groups is 2. The summed E-state index contributed by atoms with van der Waals surface area (Å²) in [6.45, 7) is 1.77. The first-order chi connectivity index (χ1) is 8.16. The van der Waals surface area contributed by atoms with E-state index in [2.05, 4.69) is 10.2 Å². The zero-order valence-electron chi connectivity index (χ0n) is 9.33. The van der Waals surface area contributed by atoms with Gasteiger partial charge in [0.1, 0.15) is 11.5 Å². The van der Waals surface area contributed by atoms with E-state index in [0.29, 0.717) is 16.9 Å². The smallest absolute Gasteiger partial charge is 0.120 e. The molecule has 0 bridgehead atoms. The average Bonchev–Trinajstić information content (AvgIpc) is 2.31. The molecule has 0 amide bonds. The Bertz CT molecular complexity index is 565. The standard InChI is InChI=1S/C13H12N2O2/c1-9-12(6-3-7-13(9)17)15-14-10-4-2-5-11(16)8-10/h2-8,16-17H,1H3. The van der Waals surface area contributed by atoms with Crippen molar-refractivity contribution in [2.24, 2.45) is 10.2 Å². The Labute approximate surface area is 98.9 Å². The maximum atomic E-state index is 9.50. The van der Waals surface area contributed by atoms with Gasteiger partial charge >= 0.3 is 0 Å². The third-order valence-corrected chi connectivity index (χ3v) is 2.38. The highest BCUT2D eigenvalue weighted by atomic mass is 16.3. The zero-order valence-corrected chi connectivity index (χ0v) is 9.33. The van der Waals surface area contributed by atoms with Crippen molar-refractivity contribution in [1.29, 1.82) is 0 Å². The SMILES string of the molecule is Cc1c(O)cccc1N=Nc1cccc(O)c1. The molecule has 2 aromatic rings. The van der Waals surface area contributed by atoms with Crippen molar-refractivity contribution in [1.82, 2.24) is 0 Å². The molecule has 0 saturated carbocycles. The Hall–Kier alpha value is -2.36. The van der Waals surface area contributed by atoms with E-state index in [-0.39, 0.29) is 11.5 Å². The Morgan fingerprint density at radius 2 is 1.71 bits per heavy atom. The summed E-state index contributed by atoms with van der Waals surface area (Å²) in [4.78, 5) is 0.